The monoisotopic (exact) mass is 304 g/mol. The molecule has 1 aromatic carbocycles. The third kappa shape index (κ3) is 2.73. The van der Waals surface area contributed by atoms with Gasteiger partial charge in [0, 0.05) is 0 Å². The van der Waals surface area contributed by atoms with Crippen molar-refractivity contribution in [2.24, 2.45) is 0 Å². The van der Waals surface area contributed by atoms with Gasteiger partial charge in [-0.05, 0) is 16.7 Å². The van der Waals surface area contributed by atoms with Crippen LogP contribution in [0.3, 0.4) is 0 Å². The SMILES string of the molecule is OCc1cc(CO)cc(Cn2cnc3c(Cl)ncnc32)c1. The van der Waals surface area contributed by atoms with Crippen molar-refractivity contribution in [3.63, 3.8) is 0 Å². The third-order valence-electron chi connectivity index (χ3n) is 3.19. The molecular formula is C14H13ClN4O2. The van der Waals surface area contributed by atoms with Gasteiger partial charge in [0.05, 0.1) is 26.1 Å². The van der Waals surface area contributed by atoms with Crippen molar-refractivity contribution in [1.82, 2.24) is 19.5 Å². The average Bonchev–Trinajstić information content (AvgIpc) is 2.91. The van der Waals surface area contributed by atoms with Crippen molar-refractivity contribution in [2.75, 3.05) is 0 Å². The molecule has 3 aromatic rings. The van der Waals surface area contributed by atoms with Crippen molar-refractivity contribution >= 4 is 22.8 Å². The molecule has 0 unspecified atom stereocenters. The van der Waals surface area contributed by atoms with E-state index in [1.165, 1.54) is 6.33 Å². The Bertz CT molecular complexity index is 765. The molecule has 2 aromatic heterocycles. The van der Waals surface area contributed by atoms with E-state index in [2.05, 4.69) is 15.0 Å². The van der Waals surface area contributed by atoms with Gasteiger partial charge in [-0.15, -0.1) is 0 Å². The Morgan fingerprint density at radius 2 is 1.62 bits per heavy atom. The van der Waals surface area contributed by atoms with Gasteiger partial charge in [-0.3, -0.25) is 0 Å². The number of fused-ring (bicyclic) bond motifs is 1. The lowest BCUT2D eigenvalue weighted by Crippen LogP contribution is -2.02. The van der Waals surface area contributed by atoms with Crippen LogP contribution in [0.5, 0.6) is 0 Å². The average molecular weight is 305 g/mol. The normalized spacial score (nSPS) is 11.2. The van der Waals surface area contributed by atoms with Gasteiger partial charge in [-0.25, -0.2) is 15.0 Å². The van der Waals surface area contributed by atoms with Crippen LogP contribution in [-0.4, -0.2) is 29.7 Å². The van der Waals surface area contributed by atoms with Gasteiger partial charge in [0.25, 0.3) is 0 Å². The highest BCUT2D eigenvalue weighted by Crippen LogP contribution is 2.19. The Labute approximate surface area is 125 Å². The van der Waals surface area contributed by atoms with E-state index >= 15 is 0 Å². The van der Waals surface area contributed by atoms with Gasteiger partial charge in [0.15, 0.2) is 10.8 Å². The fourth-order valence-corrected chi connectivity index (χ4v) is 2.45. The van der Waals surface area contributed by atoms with Crippen LogP contribution in [0.1, 0.15) is 16.7 Å². The van der Waals surface area contributed by atoms with Crippen LogP contribution in [0.15, 0.2) is 30.9 Å². The second-order valence-electron chi connectivity index (χ2n) is 4.68. The summed E-state index contributed by atoms with van der Waals surface area (Å²) in [7, 11) is 0. The lowest BCUT2D eigenvalue weighted by atomic mass is 10.1. The number of halogens is 1. The summed E-state index contributed by atoms with van der Waals surface area (Å²) in [5.74, 6) is 0. The van der Waals surface area contributed by atoms with Gasteiger partial charge in [-0.2, -0.15) is 0 Å². The number of aromatic nitrogens is 4. The summed E-state index contributed by atoms with van der Waals surface area (Å²) in [5, 5.41) is 18.9. The van der Waals surface area contributed by atoms with Gasteiger partial charge in [0.1, 0.15) is 11.8 Å². The zero-order valence-corrected chi connectivity index (χ0v) is 11.8. The standard InChI is InChI=1S/C14H13ClN4O2/c15-13-12-14(17-7-16-13)19(8-18-12)4-9-1-10(5-20)3-11(2-9)6-21/h1-3,7-8,20-21H,4-6H2. The summed E-state index contributed by atoms with van der Waals surface area (Å²) >= 11 is 5.98. The molecule has 0 saturated carbocycles. The molecule has 0 aliphatic carbocycles. The zero-order chi connectivity index (χ0) is 14.8. The number of imidazole rings is 1. The molecule has 0 aliphatic rings. The Morgan fingerprint density at radius 3 is 2.29 bits per heavy atom. The van der Waals surface area contributed by atoms with Crippen molar-refractivity contribution in [1.29, 1.82) is 0 Å². The molecule has 2 N–H and O–H groups in total. The number of rotatable bonds is 4. The topological polar surface area (TPSA) is 84.1 Å². The fraction of sp³-hybridized carbons (Fsp3) is 0.214. The zero-order valence-electron chi connectivity index (χ0n) is 11.1. The van der Waals surface area contributed by atoms with Crippen molar-refractivity contribution in [3.8, 4) is 0 Å². The first-order valence-electron chi connectivity index (χ1n) is 6.36. The molecule has 2 heterocycles. The molecule has 3 rings (SSSR count). The van der Waals surface area contributed by atoms with E-state index in [1.807, 2.05) is 16.7 Å². The molecule has 6 nitrogen and oxygen atoms in total. The maximum absolute atomic E-state index is 9.28. The Kier molecular flexibility index (Phi) is 3.83. The summed E-state index contributed by atoms with van der Waals surface area (Å²) in [5.41, 5.74) is 3.66. The predicted molar refractivity (Wildman–Crippen MR) is 77.7 cm³/mol. The van der Waals surface area contributed by atoms with E-state index in [4.69, 9.17) is 11.6 Å². The molecule has 0 radical (unpaired) electrons. The second kappa shape index (κ2) is 5.77. The molecule has 108 valence electrons. The van der Waals surface area contributed by atoms with Crippen LogP contribution in [-0.2, 0) is 19.8 Å². The van der Waals surface area contributed by atoms with E-state index in [1.54, 1.807) is 12.4 Å². The van der Waals surface area contributed by atoms with E-state index in [-0.39, 0.29) is 13.2 Å². The minimum absolute atomic E-state index is 0.0699. The first-order valence-corrected chi connectivity index (χ1v) is 6.74. The maximum atomic E-state index is 9.28. The fourth-order valence-electron chi connectivity index (χ4n) is 2.28. The molecule has 0 fully saturated rings. The highest BCUT2D eigenvalue weighted by Gasteiger charge is 2.09. The summed E-state index contributed by atoms with van der Waals surface area (Å²) in [6.45, 7) is 0.379. The summed E-state index contributed by atoms with van der Waals surface area (Å²) in [6, 6.07) is 5.54. The van der Waals surface area contributed by atoms with Crippen molar-refractivity contribution in [3.05, 3.63) is 52.7 Å². The van der Waals surface area contributed by atoms with Crippen LogP contribution in [0.4, 0.5) is 0 Å². The predicted octanol–water partition coefficient (Wildman–Crippen LogP) is 1.51. The van der Waals surface area contributed by atoms with Crippen molar-refractivity contribution in [2.45, 2.75) is 19.8 Å². The Morgan fingerprint density at radius 1 is 0.952 bits per heavy atom. The second-order valence-corrected chi connectivity index (χ2v) is 5.04. The highest BCUT2D eigenvalue weighted by molar-refractivity contribution is 6.33. The molecule has 0 bridgehead atoms. The summed E-state index contributed by atoms with van der Waals surface area (Å²) in [6.07, 6.45) is 3.04. The number of hydrogen-bond donors (Lipinski definition) is 2. The van der Waals surface area contributed by atoms with E-state index < -0.39 is 0 Å². The first kappa shape index (κ1) is 13.9. The van der Waals surface area contributed by atoms with Crippen LogP contribution < -0.4 is 0 Å². The minimum Gasteiger partial charge on any atom is -0.392 e. The molecule has 0 saturated heterocycles. The van der Waals surface area contributed by atoms with Gasteiger partial charge in [-0.1, -0.05) is 29.8 Å². The van der Waals surface area contributed by atoms with Crippen LogP contribution in [0.2, 0.25) is 5.15 Å². The molecular weight excluding hydrogens is 292 g/mol. The van der Waals surface area contributed by atoms with E-state index in [0.717, 1.165) is 16.7 Å². The smallest absolute Gasteiger partial charge is 0.165 e. The Hall–Kier alpha value is -2.02. The number of nitrogens with zero attached hydrogens (tertiary/aromatic N) is 4. The number of aliphatic hydroxyl groups excluding tert-OH is 2. The quantitative estimate of drug-likeness (QED) is 0.714. The Balaban J connectivity index is 2.00. The first-order chi connectivity index (χ1) is 10.2. The molecule has 7 heteroatoms. The van der Waals surface area contributed by atoms with Crippen LogP contribution in [0.25, 0.3) is 11.2 Å². The van der Waals surface area contributed by atoms with E-state index in [9.17, 15) is 10.2 Å². The molecule has 21 heavy (non-hydrogen) atoms. The van der Waals surface area contributed by atoms with Gasteiger partial charge in [0.2, 0.25) is 0 Å². The number of benzene rings is 1. The summed E-state index contributed by atoms with van der Waals surface area (Å²) < 4.78 is 1.85. The molecule has 0 amide bonds. The summed E-state index contributed by atoms with van der Waals surface area (Å²) in [4.78, 5) is 12.3. The molecule has 0 atom stereocenters. The lowest BCUT2D eigenvalue weighted by Gasteiger charge is -2.08. The van der Waals surface area contributed by atoms with Gasteiger partial charge >= 0.3 is 0 Å². The molecule has 0 spiro atoms. The molecule has 0 aliphatic heterocycles. The number of hydrogen-bond acceptors (Lipinski definition) is 5. The van der Waals surface area contributed by atoms with Gasteiger partial charge < -0.3 is 14.8 Å². The van der Waals surface area contributed by atoms with Crippen LogP contribution >= 0.6 is 11.6 Å². The third-order valence-corrected chi connectivity index (χ3v) is 3.46. The maximum Gasteiger partial charge on any atom is 0.165 e. The minimum atomic E-state index is -0.0699. The number of aliphatic hydroxyl groups is 2. The highest BCUT2D eigenvalue weighted by atomic mass is 35.5. The largest absolute Gasteiger partial charge is 0.392 e. The van der Waals surface area contributed by atoms with E-state index in [0.29, 0.717) is 22.9 Å². The van der Waals surface area contributed by atoms with Crippen molar-refractivity contribution < 1.29 is 10.2 Å². The lowest BCUT2D eigenvalue weighted by molar-refractivity contribution is 0.275. The van der Waals surface area contributed by atoms with Crippen LogP contribution in [0, 0.1) is 0 Å².